The molecule has 4 heteroatoms. The summed E-state index contributed by atoms with van der Waals surface area (Å²) in [5.41, 5.74) is 0.0171. The van der Waals surface area contributed by atoms with E-state index in [1.165, 1.54) is 19.3 Å². The molecule has 1 saturated heterocycles. The van der Waals surface area contributed by atoms with Gasteiger partial charge in [-0.25, -0.2) is 4.79 Å². The van der Waals surface area contributed by atoms with Crippen LogP contribution in [0.5, 0.6) is 0 Å². The smallest absolute Gasteiger partial charge is 0.407 e. The van der Waals surface area contributed by atoms with Gasteiger partial charge in [0, 0.05) is 12.6 Å². The highest BCUT2D eigenvalue weighted by molar-refractivity contribution is 5.68. The van der Waals surface area contributed by atoms with Gasteiger partial charge < -0.3 is 15.4 Å². The van der Waals surface area contributed by atoms with E-state index in [1.807, 2.05) is 20.8 Å². The molecule has 2 atom stereocenters. The van der Waals surface area contributed by atoms with Crippen molar-refractivity contribution in [2.45, 2.75) is 64.5 Å². The van der Waals surface area contributed by atoms with E-state index >= 15 is 0 Å². The first-order valence-electron chi connectivity index (χ1n) is 7.09. The van der Waals surface area contributed by atoms with Crippen molar-refractivity contribution in [3.05, 3.63) is 0 Å². The number of hydrogen-bond donors (Lipinski definition) is 2. The molecule has 0 bridgehead atoms. The summed E-state index contributed by atoms with van der Waals surface area (Å²) in [4.78, 5) is 11.8. The summed E-state index contributed by atoms with van der Waals surface area (Å²) in [6.45, 7) is 7.93. The summed E-state index contributed by atoms with van der Waals surface area (Å²) >= 11 is 0. The van der Waals surface area contributed by atoms with Crippen molar-refractivity contribution >= 4 is 6.09 Å². The average molecular weight is 254 g/mol. The molecule has 2 N–H and O–H groups in total. The van der Waals surface area contributed by atoms with Crippen molar-refractivity contribution < 1.29 is 9.53 Å². The second kappa shape index (κ2) is 5.08. The summed E-state index contributed by atoms with van der Waals surface area (Å²) in [5, 5.41) is 6.49. The second-order valence-electron chi connectivity index (χ2n) is 6.87. The lowest BCUT2D eigenvalue weighted by molar-refractivity contribution is 0.0464. The number of ether oxygens (including phenoxy) is 1. The fourth-order valence-corrected chi connectivity index (χ4v) is 3.23. The Labute approximate surface area is 110 Å². The van der Waals surface area contributed by atoms with Crippen LogP contribution in [0.3, 0.4) is 0 Å². The van der Waals surface area contributed by atoms with E-state index in [0.29, 0.717) is 5.41 Å². The van der Waals surface area contributed by atoms with E-state index in [1.54, 1.807) is 0 Å². The van der Waals surface area contributed by atoms with Crippen LogP contribution in [0.15, 0.2) is 0 Å². The minimum Gasteiger partial charge on any atom is -0.444 e. The van der Waals surface area contributed by atoms with Gasteiger partial charge >= 0.3 is 6.09 Å². The zero-order valence-electron chi connectivity index (χ0n) is 11.8. The molecule has 18 heavy (non-hydrogen) atoms. The Hall–Kier alpha value is -0.770. The van der Waals surface area contributed by atoms with Gasteiger partial charge in [-0.2, -0.15) is 0 Å². The number of hydrogen-bond acceptors (Lipinski definition) is 3. The van der Waals surface area contributed by atoms with Crippen LogP contribution >= 0.6 is 0 Å². The molecule has 2 aliphatic rings. The minimum atomic E-state index is -0.411. The average Bonchev–Trinajstić information content (AvgIpc) is 2.63. The van der Waals surface area contributed by atoms with Gasteiger partial charge in [-0.05, 0) is 58.4 Å². The van der Waals surface area contributed by atoms with Crippen LogP contribution in [0, 0.1) is 5.41 Å². The van der Waals surface area contributed by atoms with E-state index in [2.05, 4.69) is 10.6 Å². The molecule has 1 amide bonds. The maximum atomic E-state index is 11.8. The van der Waals surface area contributed by atoms with Gasteiger partial charge in [0.05, 0.1) is 0 Å². The van der Waals surface area contributed by atoms with Gasteiger partial charge in [-0.3, -0.25) is 0 Å². The highest BCUT2D eigenvalue weighted by atomic mass is 16.6. The number of carbonyl (C=O) groups is 1. The molecule has 1 spiro atoms. The lowest BCUT2D eigenvalue weighted by atomic mass is 9.71. The zero-order valence-corrected chi connectivity index (χ0v) is 11.8. The van der Waals surface area contributed by atoms with Crippen molar-refractivity contribution in [1.82, 2.24) is 10.6 Å². The third-order valence-electron chi connectivity index (χ3n) is 3.99. The molecule has 4 nitrogen and oxygen atoms in total. The monoisotopic (exact) mass is 254 g/mol. The van der Waals surface area contributed by atoms with E-state index in [9.17, 15) is 4.79 Å². The Morgan fingerprint density at radius 2 is 2.17 bits per heavy atom. The number of carbonyl (C=O) groups excluding carboxylic acids is 1. The fourth-order valence-electron chi connectivity index (χ4n) is 3.23. The molecule has 0 radical (unpaired) electrons. The Morgan fingerprint density at radius 1 is 1.39 bits per heavy atom. The van der Waals surface area contributed by atoms with E-state index in [4.69, 9.17) is 4.74 Å². The Bertz CT molecular complexity index is 303. The van der Waals surface area contributed by atoms with Crippen LogP contribution in [-0.4, -0.2) is 30.8 Å². The molecule has 0 unspecified atom stereocenters. The zero-order chi connectivity index (χ0) is 13.2. The number of nitrogens with one attached hydrogen (secondary N) is 2. The fraction of sp³-hybridized carbons (Fsp3) is 0.929. The number of rotatable bonds is 1. The largest absolute Gasteiger partial charge is 0.444 e. The quantitative estimate of drug-likeness (QED) is 0.755. The third kappa shape index (κ3) is 3.61. The van der Waals surface area contributed by atoms with E-state index in [0.717, 1.165) is 25.9 Å². The molecule has 104 valence electrons. The van der Waals surface area contributed by atoms with Crippen molar-refractivity contribution in [3.63, 3.8) is 0 Å². The molecule has 0 aromatic heterocycles. The van der Waals surface area contributed by atoms with Crippen molar-refractivity contribution in [1.29, 1.82) is 0 Å². The molecule has 2 fully saturated rings. The predicted molar refractivity (Wildman–Crippen MR) is 71.5 cm³/mol. The number of alkyl carbamates (subject to hydrolysis) is 1. The van der Waals surface area contributed by atoms with E-state index < -0.39 is 5.60 Å². The molecular weight excluding hydrogens is 228 g/mol. The Morgan fingerprint density at radius 3 is 2.78 bits per heavy atom. The maximum Gasteiger partial charge on any atom is 0.407 e. The first-order chi connectivity index (χ1) is 8.39. The van der Waals surface area contributed by atoms with Crippen molar-refractivity contribution in [2.24, 2.45) is 5.41 Å². The minimum absolute atomic E-state index is 0.268. The van der Waals surface area contributed by atoms with Crippen LogP contribution in [-0.2, 0) is 4.74 Å². The summed E-state index contributed by atoms with van der Waals surface area (Å²) in [5.74, 6) is 0. The lowest BCUT2D eigenvalue weighted by Crippen LogP contribution is -2.45. The first kappa shape index (κ1) is 13.7. The Balaban J connectivity index is 1.84. The second-order valence-corrected chi connectivity index (χ2v) is 6.87. The third-order valence-corrected chi connectivity index (χ3v) is 3.99. The molecular formula is C14H26N2O2. The number of amides is 1. The molecule has 1 aliphatic carbocycles. The molecule has 1 aliphatic heterocycles. The summed E-state index contributed by atoms with van der Waals surface area (Å²) in [6, 6.07) is 0.286. The van der Waals surface area contributed by atoms with Crippen molar-refractivity contribution in [3.8, 4) is 0 Å². The van der Waals surface area contributed by atoms with Gasteiger partial charge in [-0.1, -0.05) is 6.42 Å². The van der Waals surface area contributed by atoms with Gasteiger partial charge in [-0.15, -0.1) is 0 Å². The Kier molecular flexibility index (Phi) is 3.85. The topological polar surface area (TPSA) is 50.4 Å². The molecule has 1 saturated carbocycles. The first-order valence-corrected chi connectivity index (χ1v) is 7.09. The molecule has 0 aromatic carbocycles. The van der Waals surface area contributed by atoms with Crippen molar-refractivity contribution in [2.75, 3.05) is 13.1 Å². The molecule has 0 aromatic rings. The summed E-state index contributed by atoms with van der Waals surface area (Å²) in [6.07, 6.45) is 5.67. The van der Waals surface area contributed by atoms with Gasteiger partial charge in [0.2, 0.25) is 0 Å². The van der Waals surface area contributed by atoms with Crippen LogP contribution in [0.1, 0.15) is 52.9 Å². The maximum absolute atomic E-state index is 11.8. The highest BCUT2D eigenvalue weighted by Crippen LogP contribution is 2.41. The van der Waals surface area contributed by atoms with Crippen LogP contribution in [0.2, 0.25) is 0 Å². The van der Waals surface area contributed by atoms with Crippen LogP contribution in [0.4, 0.5) is 4.79 Å². The highest BCUT2D eigenvalue weighted by Gasteiger charge is 2.39. The van der Waals surface area contributed by atoms with E-state index in [-0.39, 0.29) is 12.1 Å². The lowest BCUT2D eigenvalue weighted by Gasteiger charge is -2.38. The normalized spacial score (nSPS) is 32.5. The van der Waals surface area contributed by atoms with Gasteiger partial charge in [0.15, 0.2) is 0 Å². The van der Waals surface area contributed by atoms with Gasteiger partial charge in [0.25, 0.3) is 0 Å². The molecule has 1 heterocycles. The van der Waals surface area contributed by atoms with Crippen LogP contribution in [0.25, 0.3) is 0 Å². The predicted octanol–water partition coefficient (Wildman–Crippen LogP) is 2.43. The SMILES string of the molecule is CC(C)(C)OC(=O)N[C@H]1CCC[C@]2(CCNC2)C1. The standard InChI is InChI=1S/C14H26N2O2/c1-13(2,3)18-12(17)16-11-5-4-6-14(9-11)7-8-15-10-14/h11,15H,4-10H2,1-3H3,(H,16,17)/t11-,14-/m0/s1. The molecule has 2 rings (SSSR count). The summed E-state index contributed by atoms with van der Waals surface area (Å²) < 4.78 is 5.33. The van der Waals surface area contributed by atoms with Crippen LogP contribution < -0.4 is 10.6 Å². The van der Waals surface area contributed by atoms with Gasteiger partial charge in [0.1, 0.15) is 5.60 Å². The summed E-state index contributed by atoms with van der Waals surface area (Å²) in [7, 11) is 0.